The molecule has 0 atom stereocenters. The van der Waals surface area contributed by atoms with Crippen molar-refractivity contribution >= 4 is 17.6 Å². The number of guanidine groups is 1. The maximum absolute atomic E-state index is 12.8. The van der Waals surface area contributed by atoms with Crippen LogP contribution >= 0.6 is 0 Å². The van der Waals surface area contributed by atoms with Gasteiger partial charge in [-0.25, -0.2) is 4.99 Å². The number of anilines is 1. The van der Waals surface area contributed by atoms with Gasteiger partial charge in [-0.1, -0.05) is 6.92 Å². The van der Waals surface area contributed by atoms with Gasteiger partial charge in [0.2, 0.25) is 5.96 Å². The van der Waals surface area contributed by atoms with Crippen molar-refractivity contribution in [3.05, 3.63) is 71.5 Å². The lowest BCUT2D eigenvalue weighted by molar-refractivity contribution is 0.0977. The van der Waals surface area contributed by atoms with Crippen molar-refractivity contribution < 1.29 is 14.3 Å². The van der Waals surface area contributed by atoms with E-state index in [2.05, 4.69) is 27.6 Å². The van der Waals surface area contributed by atoms with Crippen LogP contribution in [-0.2, 0) is 13.1 Å². The van der Waals surface area contributed by atoms with Crippen molar-refractivity contribution in [1.82, 2.24) is 15.1 Å². The van der Waals surface area contributed by atoms with Crippen LogP contribution in [-0.4, -0.2) is 35.4 Å². The Bertz CT molecular complexity index is 1070. The lowest BCUT2D eigenvalue weighted by Crippen LogP contribution is -2.36. The van der Waals surface area contributed by atoms with E-state index >= 15 is 0 Å². The van der Waals surface area contributed by atoms with Crippen LogP contribution in [0.2, 0.25) is 0 Å². The number of nitrogens with one attached hydrogen (secondary N) is 2. The number of nitrogens with zero attached hydrogens (tertiary/aromatic N) is 3. The third kappa shape index (κ3) is 6.83. The fourth-order valence-electron chi connectivity index (χ4n) is 3.19. The Labute approximate surface area is 194 Å². The Kier molecular flexibility index (Phi) is 8.46. The highest BCUT2D eigenvalue weighted by atomic mass is 16.5. The molecular formula is C25H31N5O3. The molecule has 0 bridgehead atoms. The summed E-state index contributed by atoms with van der Waals surface area (Å²) >= 11 is 0. The van der Waals surface area contributed by atoms with Gasteiger partial charge in [-0.3, -0.25) is 14.8 Å². The van der Waals surface area contributed by atoms with Crippen LogP contribution in [0.3, 0.4) is 0 Å². The Balaban J connectivity index is 1.79. The predicted molar refractivity (Wildman–Crippen MR) is 130 cm³/mol. The molecule has 0 aliphatic rings. The number of aliphatic imine (C=N–C) groups is 1. The molecule has 1 aromatic heterocycles. The van der Waals surface area contributed by atoms with E-state index < -0.39 is 0 Å². The third-order valence-corrected chi connectivity index (χ3v) is 4.92. The van der Waals surface area contributed by atoms with Gasteiger partial charge in [0.05, 0.1) is 26.0 Å². The molecule has 3 aromatic rings. The molecule has 0 fully saturated rings. The minimum absolute atomic E-state index is 0.270. The fraction of sp³-hybridized carbons (Fsp3) is 0.320. The summed E-state index contributed by atoms with van der Waals surface area (Å²) in [6, 6.07) is 14.4. The van der Waals surface area contributed by atoms with E-state index in [-0.39, 0.29) is 5.91 Å². The number of carbonyl (C=O) groups is 1. The van der Waals surface area contributed by atoms with E-state index in [0.29, 0.717) is 30.4 Å². The fourth-order valence-corrected chi connectivity index (χ4v) is 3.19. The molecule has 0 aliphatic heterocycles. The second-order valence-electron chi connectivity index (χ2n) is 7.43. The molecule has 174 valence electrons. The highest BCUT2D eigenvalue weighted by Crippen LogP contribution is 2.16. The largest absolute Gasteiger partial charge is 0.497 e. The van der Waals surface area contributed by atoms with E-state index in [9.17, 15) is 4.79 Å². The molecule has 0 saturated carbocycles. The maximum atomic E-state index is 12.8. The van der Waals surface area contributed by atoms with E-state index in [1.54, 1.807) is 31.4 Å². The number of rotatable bonds is 9. The second kappa shape index (κ2) is 11.7. The molecular weight excluding hydrogens is 418 g/mol. The summed E-state index contributed by atoms with van der Waals surface area (Å²) in [5.41, 5.74) is 3.22. The first-order valence-electron chi connectivity index (χ1n) is 11.0. The Hall–Kier alpha value is -3.81. The maximum Gasteiger partial charge on any atom is 0.257 e. The molecule has 3 rings (SSSR count). The first kappa shape index (κ1) is 23.8. The van der Waals surface area contributed by atoms with Gasteiger partial charge in [0.1, 0.15) is 11.5 Å². The lowest BCUT2D eigenvalue weighted by atomic mass is 10.2. The Morgan fingerprint density at radius 1 is 1.06 bits per heavy atom. The number of hydrogen-bond donors (Lipinski definition) is 2. The minimum atomic E-state index is -0.270. The van der Waals surface area contributed by atoms with Gasteiger partial charge < -0.3 is 14.8 Å². The molecule has 0 spiro atoms. The number of carbonyl (C=O) groups excluding carboxylic acids is 1. The normalized spacial score (nSPS) is 11.2. The Morgan fingerprint density at radius 2 is 1.76 bits per heavy atom. The van der Waals surface area contributed by atoms with Crippen LogP contribution in [0.15, 0.2) is 59.7 Å². The molecule has 0 unspecified atom stereocenters. The van der Waals surface area contributed by atoms with Gasteiger partial charge in [-0.05, 0) is 68.8 Å². The zero-order chi connectivity index (χ0) is 23.6. The first-order chi connectivity index (χ1) is 16.0. The average molecular weight is 450 g/mol. The zero-order valence-electron chi connectivity index (χ0n) is 19.6. The molecule has 8 heteroatoms. The van der Waals surface area contributed by atoms with Crippen LogP contribution in [0.1, 0.15) is 41.9 Å². The highest BCUT2D eigenvalue weighted by molar-refractivity contribution is 6.10. The number of methoxy groups -OCH3 is 1. The summed E-state index contributed by atoms with van der Waals surface area (Å²) in [4.78, 5) is 17.5. The molecule has 2 N–H and O–H groups in total. The van der Waals surface area contributed by atoms with Gasteiger partial charge in [-0.2, -0.15) is 5.10 Å². The molecule has 1 heterocycles. The zero-order valence-corrected chi connectivity index (χ0v) is 19.6. The van der Waals surface area contributed by atoms with Gasteiger partial charge >= 0.3 is 0 Å². The van der Waals surface area contributed by atoms with Crippen molar-refractivity contribution in [2.75, 3.05) is 19.0 Å². The van der Waals surface area contributed by atoms with Crippen LogP contribution in [0, 0.1) is 6.92 Å². The molecule has 0 aliphatic carbocycles. The second-order valence-corrected chi connectivity index (χ2v) is 7.43. The average Bonchev–Trinajstić information content (AvgIpc) is 3.18. The predicted octanol–water partition coefficient (Wildman–Crippen LogP) is 4.41. The van der Waals surface area contributed by atoms with Gasteiger partial charge in [-0.15, -0.1) is 0 Å². The summed E-state index contributed by atoms with van der Waals surface area (Å²) in [5, 5.41) is 10.6. The lowest BCUT2D eigenvalue weighted by Gasteiger charge is -2.13. The number of hydrogen-bond acceptors (Lipinski definition) is 5. The summed E-state index contributed by atoms with van der Waals surface area (Å²) in [5.74, 6) is 1.55. The standard InChI is InChI=1S/C25H31N5O3/c1-5-15-30-17-20(18(3)29-30)16-26-25(27-21-9-13-23(14-10-21)33-6-2)28-24(31)19-7-11-22(32-4)12-8-19/h7-14,17H,5-6,15-16H2,1-4H3,(H2,26,27,28,31). The molecule has 0 saturated heterocycles. The van der Waals surface area contributed by atoms with Crippen molar-refractivity contribution in [1.29, 1.82) is 0 Å². The summed E-state index contributed by atoms with van der Waals surface area (Å²) < 4.78 is 12.6. The van der Waals surface area contributed by atoms with Crippen LogP contribution < -0.4 is 20.1 Å². The summed E-state index contributed by atoms with van der Waals surface area (Å²) in [6.07, 6.45) is 3.01. The van der Waals surface area contributed by atoms with Crippen LogP contribution in [0.25, 0.3) is 0 Å². The van der Waals surface area contributed by atoms with Gasteiger partial charge in [0, 0.05) is 29.6 Å². The molecule has 2 aromatic carbocycles. The highest BCUT2D eigenvalue weighted by Gasteiger charge is 2.11. The number of aryl methyl sites for hydroxylation is 2. The molecule has 1 amide bonds. The molecule has 33 heavy (non-hydrogen) atoms. The number of amides is 1. The third-order valence-electron chi connectivity index (χ3n) is 4.92. The number of ether oxygens (including phenoxy) is 2. The SMILES string of the molecule is CCCn1cc(CN=C(NC(=O)c2ccc(OC)cc2)Nc2ccc(OCC)cc2)c(C)n1. The molecule has 0 radical (unpaired) electrons. The first-order valence-corrected chi connectivity index (χ1v) is 11.0. The van der Waals surface area contributed by atoms with Gasteiger partial charge in [0.25, 0.3) is 5.91 Å². The summed E-state index contributed by atoms with van der Waals surface area (Å²) in [6.45, 7) is 7.86. The monoisotopic (exact) mass is 449 g/mol. The number of benzene rings is 2. The van der Waals surface area contributed by atoms with E-state index in [4.69, 9.17) is 9.47 Å². The number of aromatic nitrogens is 2. The smallest absolute Gasteiger partial charge is 0.257 e. The summed E-state index contributed by atoms with van der Waals surface area (Å²) in [7, 11) is 1.59. The van der Waals surface area contributed by atoms with Crippen molar-refractivity contribution in [3.8, 4) is 11.5 Å². The quantitative estimate of drug-likeness (QED) is 0.373. The molecule has 8 nitrogen and oxygen atoms in total. The van der Waals surface area contributed by atoms with Crippen LogP contribution in [0.5, 0.6) is 11.5 Å². The van der Waals surface area contributed by atoms with Crippen molar-refractivity contribution in [3.63, 3.8) is 0 Å². The van der Waals surface area contributed by atoms with E-state index in [1.165, 1.54) is 0 Å². The topological polar surface area (TPSA) is 89.8 Å². The van der Waals surface area contributed by atoms with Crippen molar-refractivity contribution in [2.45, 2.75) is 40.3 Å². The van der Waals surface area contributed by atoms with Crippen molar-refractivity contribution in [2.24, 2.45) is 4.99 Å². The van der Waals surface area contributed by atoms with Gasteiger partial charge in [0.15, 0.2) is 0 Å². The van der Waals surface area contributed by atoms with E-state index in [0.717, 1.165) is 35.7 Å². The Morgan fingerprint density at radius 3 is 2.39 bits per heavy atom. The van der Waals surface area contributed by atoms with Crippen LogP contribution in [0.4, 0.5) is 5.69 Å². The minimum Gasteiger partial charge on any atom is -0.497 e. The van der Waals surface area contributed by atoms with E-state index in [1.807, 2.05) is 49.0 Å².